The van der Waals surface area contributed by atoms with Gasteiger partial charge in [-0.25, -0.2) is 4.79 Å². The molecule has 4 amide bonds. The Bertz CT molecular complexity index is 731. The number of nitrogens with zero attached hydrogens (tertiary/aromatic N) is 1. The van der Waals surface area contributed by atoms with Crippen LogP contribution in [0.4, 0.5) is 4.79 Å². The summed E-state index contributed by atoms with van der Waals surface area (Å²) in [5.74, 6) is -0.493. The largest absolute Gasteiger partial charge is 0.348 e. The lowest BCUT2D eigenvalue weighted by Crippen LogP contribution is -2.54. The third kappa shape index (κ3) is 3.70. The van der Waals surface area contributed by atoms with E-state index < -0.39 is 11.6 Å². The van der Waals surface area contributed by atoms with E-state index in [2.05, 4.69) is 17.6 Å². The van der Waals surface area contributed by atoms with Gasteiger partial charge in [-0.05, 0) is 43.2 Å². The van der Waals surface area contributed by atoms with Crippen molar-refractivity contribution in [1.82, 2.24) is 15.5 Å². The predicted octanol–water partition coefficient (Wildman–Crippen LogP) is 2.93. The average molecular weight is 371 g/mol. The Kier molecular flexibility index (Phi) is 5.53. The van der Waals surface area contributed by atoms with Crippen LogP contribution in [0.3, 0.4) is 0 Å². The highest BCUT2D eigenvalue weighted by Crippen LogP contribution is 2.38. The second-order valence-corrected chi connectivity index (χ2v) is 7.82. The van der Waals surface area contributed by atoms with E-state index in [0.717, 1.165) is 36.1 Å². The summed E-state index contributed by atoms with van der Waals surface area (Å²) >= 11 is 0. The summed E-state index contributed by atoms with van der Waals surface area (Å²) in [6.07, 6.45) is 4.52. The SMILES string of the molecule is CCc1ccc(C(C)NC(=O)CN2C(=O)NC3(CCCCC3C)C2=O)cc1. The van der Waals surface area contributed by atoms with Gasteiger partial charge in [-0.3, -0.25) is 14.5 Å². The lowest BCUT2D eigenvalue weighted by molar-refractivity contribution is -0.137. The van der Waals surface area contributed by atoms with E-state index in [1.54, 1.807) is 0 Å². The highest BCUT2D eigenvalue weighted by atomic mass is 16.2. The summed E-state index contributed by atoms with van der Waals surface area (Å²) in [6.45, 7) is 5.76. The van der Waals surface area contributed by atoms with Gasteiger partial charge in [0.2, 0.25) is 5.91 Å². The number of hydrogen-bond acceptors (Lipinski definition) is 3. The maximum atomic E-state index is 12.9. The van der Waals surface area contributed by atoms with Crippen molar-refractivity contribution in [1.29, 1.82) is 0 Å². The quantitative estimate of drug-likeness (QED) is 0.781. The van der Waals surface area contributed by atoms with Crippen LogP contribution < -0.4 is 10.6 Å². The molecule has 1 spiro atoms. The summed E-state index contributed by atoms with van der Waals surface area (Å²) < 4.78 is 0. The Balaban J connectivity index is 1.63. The third-order valence-electron chi connectivity index (χ3n) is 6.07. The molecule has 6 heteroatoms. The minimum Gasteiger partial charge on any atom is -0.348 e. The molecule has 3 rings (SSSR count). The maximum absolute atomic E-state index is 12.9. The van der Waals surface area contributed by atoms with Crippen LogP contribution in [0.2, 0.25) is 0 Å². The number of imide groups is 1. The van der Waals surface area contributed by atoms with Crippen molar-refractivity contribution in [3.63, 3.8) is 0 Å². The normalized spacial score (nSPS) is 26.2. The van der Waals surface area contributed by atoms with Crippen molar-refractivity contribution >= 4 is 17.8 Å². The van der Waals surface area contributed by atoms with Crippen LogP contribution in [0.15, 0.2) is 24.3 Å². The Morgan fingerprint density at radius 1 is 1.30 bits per heavy atom. The molecule has 2 aliphatic rings. The van der Waals surface area contributed by atoms with Crippen molar-refractivity contribution in [2.75, 3.05) is 6.54 Å². The zero-order valence-electron chi connectivity index (χ0n) is 16.4. The second-order valence-electron chi connectivity index (χ2n) is 7.82. The lowest BCUT2D eigenvalue weighted by atomic mass is 9.73. The first-order chi connectivity index (χ1) is 12.9. The smallest absolute Gasteiger partial charge is 0.325 e. The number of nitrogens with one attached hydrogen (secondary N) is 2. The monoisotopic (exact) mass is 371 g/mol. The highest BCUT2D eigenvalue weighted by Gasteiger charge is 2.55. The number of carbonyl (C=O) groups is 3. The van der Waals surface area contributed by atoms with Crippen LogP contribution in [0.25, 0.3) is 0 Å². The average Bonchev–Trinajstić information content (AvgIpc) is 2.89. The van der Waals surface area contributed by atoms with Crippen LogP contribution in [-0.2, 0) is 16.0 Å². The van der Waals surface area contributed by atoms with Gasteiger partial charge in [0.25, 0.3) is 5.91 Å². The molecule has 6 nitrogen and oxygen atoms in total. The van der Waals surface area contributed by atoms with Gasteiger partial charge in [0.05, 0.1) is 6.04 Å². The maximum Gasteiger partial charge on any atom is 0.325 e. The molecule has 27 heavy (non-hydrogen) atoms. The number of carbonyl (C=O) groups excluding carboxylic acids is 3. The summed E-state index contributed by atoms with van der Waals surface area (Å²) in [5, 5.41) is 5.77. The third-order valence-corrected chi connectivity index (χ3v) is 6.07. The Hall–Kier alpha value is -2.37. The zero-order chi connectivity index (χ0) is 19.6. The zero-order valence-corrected chi connectivity index (χ0v) is 16.4. The molecule has 146 valence electrons. The Morgan fingerprint density at radius 3 is 2.63 bits per heavy atom. The van der Waals surface area contributed by atoms with Crippen molar-refractivity contribution in [2.45, 2.75) is 64.5 Å². The molecule has 1 saturated carbocycles. The van der Waals surface area contributed by atoms with Crippen molar-refractivity contribution in [3.8, 4) is 0 Å². The van der Waals surface area contributed by atoms with Gasteiger partial charge in [0.15, 0.2) is 0 Å². The van der Waals surface area contributed by atoms with Crippen molar-refractivity contribution < 1.29 is 14.4 Å². The van der Waals surface area contributed by atoms with Crippen LogP contribution in [0.1, 0.15) is 63.6 Å². The minimum absolute atomic E-state index is 0.0896. The summed E-state index contributed by atoms with van der Waals surface area (Å²) in [4.78, 5) is 38.8. The number of aryl methyl sites for hydroxylation is 1. The van der Waals surface area contributed by atoms with Gasteiger partial charge < -0.3 is 10.6 Å². The van der Waals surface area contributed by atoms with E-state index >= 15 is 0 Å². The fraction of sp³-hybridized carbons (Fsp3) is 0.571. The fourth-order valence-electron chi connectivity index (χ4n) is 4.20. The lowest BCUT2D eigenvalue weighted by Gasteiger charge is -2.36. The molecule has 0 bridgehead atoms. The molecule has 1 aromatic rings. The highest BCUT2D eigenvalue weighted by molar-refractivity contribution is 6.09. The number of hydrogen-bond donors (Lipinski definition) is 2. The second kappa shape index (κ2) is 7.71. The molecule has 1 heterocycles. The topological polar surface area (TPSA) is 78.5 Å². The molecule has 1 aromatic carbocycles. The van der Waals surface area contributed by atoms with Gasteiger partial charge in [-0.2, -0.15) is 0 Å². The van der Waals surface area contributed by atoms with Crippen LogP contribution in [0, 0.1) is 5.92 Å². The number of benzene rings is 1. The van der Waals surface area contributed by atoms with E-state index in [1.165, 1.54) is 5.56 Å². The molecule has 1 aliphatic heterocycles. The number of amides is 4. The molecule has 3 atom stereocenters. The van der Waals surface area contributed by atoms with Gasteiger partial charge in [-0.1, -0.05) is 51.0 Å². The molecule has 1 saturated heterocycles. The number of urea groups is 1. The van der Waals surface area contributed by atoms with E-state index in [-0.39, 0.29) is 30.3 Å². The Morgan fingerprint density at radius 2 is 2.00 bits per heavy atom. The first-order valence-electron chi connectivity index (χ1n) is 9.89. The predicted molar refractivity (Wildman–Crippen MR) is 103 cm³/mol. The Labute approximate surface area is 160 Å². The fourth-order valence-corrected chi connectivity index (χ4v) is 4.20. The van der Waals surface area contributed by atoms with Crippen LogP contribution in [0.5, 0.6) is 0 Å². The van der Waals surface area contributed by atoms with E-state index in [0.29, 0.717) is 6.42 Å². The van der Waals surface area contributed by atoms with Crippen LogP contribution >= 0.6 is 0 Å². The number of rotatable bonds is 5. The van der Waals surface area contributed by atoms with E-state index in [4.69, 9.17) is 0 Å². The molecule has 0 aromatic heterocycles. The molecular weight excluding hydrogens is 342 g/mol. The molecule has 1 aliphatic carbocycles. The molecule has 3 unspecified atom stereocenters. The standard InChI is InChI=1S/C21H29N3O3/c1-4-16-8-10-17(11-9-16)15(3)22-18(25)13-24-19(26)21(23-20(24)27)12-6-5-7-14(21)2/h8-11,14-15H,4-7,12-13H2,1-3H3,(H,22,25)(H,23,27). The van der Waals surface area contributed by atoms with Crippen molar-refractivity contribution in [2.24, 2.45) is 5.92 Å². The van der Waals surface area contributed by atoms with E-state index in [1.807, 2.05) is 38.1 Å². The minimum atomic E-state index is -0.822. The first-order valence-corrected chi connectivity index (χ1v) is 9.89. The van der Waals surface area contributed by atoms with Gasteiger partial charge in [-0.15, -0.1) is 0 Å². The summed E-state index contributed by atoms with van der Waals surface area (Å²) in [7, 11) is 0. The van der Waals surface area contributed by atoms with Gasteiger partial charge in [0, 0.05) is 0 Å². The first kappa shape index (κ1) is 19.4. The molecular formula is C21H29N3O3. The van der Waals surface area contributed by atoms with Crippen molar-refractivity contribution in [3.05, 3.63) is 35.4 Å². The molecule has 2 fully saturated rings. The van der Waals surface area contributed by atoms with Crippen LogP contribution in [-0.4, -0.2) is 34.8 Å². The summed E-state index contributed by atoms with van der Waals surface area (Å²) in [6, 6.07) is 7.44. The molecule has 0 radical (unpaired) electrons. The van der Waals surface area contributed by atoms with E-state index in [9.17, 15) is 14.4 Å². The molecule has 2 N–H and O–H groups in total. The van der Waals surface area contributed by atoms with Gasteiger partial charge >= 0.3 is 6.03 Å². The summed E-state index contributed by atoms with van der Waals surface area (Å²) in [5.41, 5.74) is 1.41. The van der Waals surface area contributed by atoms with Gasteiger partial charge in [0.1, 0.15) is 12.1 Å².